The molecule has 0 saturated heterocycles. The highest BCUT2D eigenvalue weighted by molar-refractivity contribution is 8.76. The van der Waals surface area contributed by atoms with Crippen LogP contribution in [-0.4, -0.2) is 64.7 Å². The second-order valence-corrected chi connectivity index (χ2v) is 6.72. The first-order valence-electron chi connectivity index (χ1n) is 6.13. The van der Waals surface area contributed by atoms with Gasteiger partial charge in [0.25, 0.3) is 0 Å². The largest absolute Gasteiger partial charge is 0.480 e. The van der Waals surface area contributed by atoms with Crippen molar-refractivity contribution in [1.82, 2.24) is 10.6 Å². The van der Waals surface area contributed by atoms with Crippen molar-refractivity contribution in [3.05, 3.63) is 12.3 Å². The Balaban J connectivity index is 3.82. The van der Waals surface area contributed by atoms with Gasteiger partial charge in [0.1, 0.15) is 13.1 Å². The molecule has 0 spiro atoms. The molecule has 126 valence electrons. The molecule has 0 radical (unpaired) electrons. The van der Waals surface area contributed by atoms with Crippen molar-refractivity contribution < 1.29 is 24.6 Å². The molecule has 0 aliphatic carbocycles. The first kappa shape index (κ1) is 20.6. The molecule has 22 heavy (non-hydrogen) atoms. The topological polar surface area (TPSA) is 168 Å². The minimum atomic E-state index is -1.14. The highest BCUT2D eigenvalue weighted by Gasteiger charge is 2.15. The molecule has 0 aromatic carbocycles. The summed E-state index contributed by atoms with van der Waals surface area (Å²) in [5.41, 5.74) is 11.8. The molecule has 9 nitrogen and oxygen atoms in total. The number of hydrogen-bond donors (Lipinski definition) is 6. The molecule has 8 N–H and O–H groups in total. The van der Waals surface area contributed by atoms with Crippen molar-refractivity contribution >= 4 is 39.4 Å². The Labute approximate surface area is 135 Å². The van der Waals surface area contributed by atoms with Crippen LogP contribution in [0.15, 0.2) is 12.3 Å². The number of carbonyl (C=O) groups is 3. The van der Waals surface area contributed by atoms with Gasteiger partial charge in [-0.05, 0) is 0 Å². The van der Waals surface area contributed by atoms with Crippen LogP contribution in [0.1, 0.15) is 0 Å². The third-order valence-electron chi connectivity index (χ3n) is 2.24. The van der Waals surface area contributed by atoms with Gasteiger partial charge < -0.3 is 32.3 Å². The first-order valence-corrected chi connectivity index (χ1v) is 8.62. The van der Waals surface area contributed by atoms with Crippen molar-refractivity contribution in [3.8, 4) is 0 Å². The van der Waals surface area contributed by atoms with E-state index >= 15 is 0 Å². The number of rotatable bonds is 12. The predicted octanol–water partition coefficient (Wildman–Crippen LogP) is -1.59. The summed E-state index contributed by atoms with van der Waals surface area (Å²) >= 11 is 0. The SMILES string of the molecule is C=C(NCC(=O)O)[C@@H](N)CSSC[C@H](N)C(=O)NCC(=O)O. The molecule has 1 amide bonds. The number of carboxylic acid groups (broad SMARTS) is 2. The maximum absolute atomic E-state index is 11.4. The van der Waals surface area contributed by atoms with E-state index in [2.05, 4.69) is 17.2 Å². The summed E-state index contributed by atoms with van der Waals surface area (Å²) in [7, 11) is 2.67. The van der Waals surface area contributed by atoms with Crippen LogP contribution >= 0.6 is 21.6 Å². The van der Waals surface area contributed by atoms with Gasteiger partial charge in [0.05, 0.1) is 12.1 Å². The molecular weight excluding hydrogens is 332 g/mol. The van der Waals surface area contributed by atoms with Crippen molar-refractivity contribution in [2.45, 2.75) is 12.1 Å². The lowest BCUT2D eigenvalue weighted by atomic mass is 10.3. The van der Waals surface area contributed by atoms with Gasteiger partial charge in [-0.2, -0.15) is 0 Å². The van der Waals surface area contributed by atoms with E-state index in [0.717, 1.165) is 0 Å². The zero-order chi connectivity index (χ0) is 17.1. The number of nitrogens with one attached hydrogen (secondary N) is 2. The first-order chi connectivity index (χ1) is 10.2. The number of carboxylic acids is 2. The van der Waals surface area contributed by atoms with E-state index in [1.807, 2.05) is 0 Å². The third-order valence-corrected chi connectivity index (χ3v) is 4.72. The zero-order valence-electron chi connectivity index (χ0n) is 11.8. The Bertz CT molecular complexity index is 383. The summed E-state index contributed by atoms with van der Waals surface area (Å²) in [6.07, 6.45) is 0. The number of hydrogen-bond acceptors (Lipinski definition) is 8. The normalized spacial score (nSPS) is 13.0. The number of aliphatic carboxylic acids is 2. The lowest BCUT2D eigenvalue weighted by molar-refractivity contribution is -0.138. The van der Waals surface area contributed by atoms with Gasteiger partial charge in [-0.1, -0.05) is 28.2 Å². The van der Waals surface area contributed by atoms with Gasteiger partial charge in [-0.15, -0.1) is 0 Å². The molecule has 0 saturated carbocycles. The fourth-order valence-corrected chi connectivity index (χ4v) is 3.33. The van der Waals surface area contributed by atoms with Gasteiger partial charge in [-0.3, -0.25) is 14.4 Å². The molecule has 0 heterocycles. The predicted molar refractivity (Wildman–Crippen MR) is 86.3 cm³/mol. The van der Waals surface area contributed by atoms with Crippen LogP contribution in [0.5, 0.6) is 0 Å². The molecule has 0 fully saturated rings. The zero-order valence-corrected chi connectivity index (χ0v) is 13.4. The lowest BCUT2D eigenvalue weighted by Gasteiger charge is -2.15. The van der Waals surface area contributed by atoms with E-state index in [-0.39, 0.29) is 12.3 Å². The summed E-state index contributed by atoms with van der Waals surface area (Å²) in [5.74, 6) is -1.93. The maximum atomic E-state index is 11.4. The Kier molecular flexibility index (Phi) is 10.5. The Morgan fingerprint density at radius 3 is 1.91 bits per heavy atom. The van der Waals surface area contributed by atoms with Gasteiger partial charge in [-0.25, -0.2) is 0 Å². The molecule has 0 rings (SSSR count). The number of amides is 1. The standard InChI is InChI=1S/C11H20N4O5S2/c1-6(14-2-9(16)17)7(12)4-21-22-5-8(13)11(20)15-3-10(18)19/h7-8,14H,1-5,12-13H2,(H,15,20)(H,16,17)(H,18,19)/t7-,8-/m0/s1. The molecule has 11 heteroatoms. The maximum Gasteiger partial charge on any atom is 0.322 e. The fraction of sp³-hybridized carbons (Fsp3) is 0.545. The number of nitrogens with two attached hydrogens (primary N) is 2. The average Bonchev–Trinajstić information content (AvgIpc) is 2.45. The summed E-state index contributed by atoms with van der Waals surface area (Å²) in [6.45, 7) is 2.92. The minimum Gasteiger partial charge on any atom is -0.480 e. The fourth-order valence-electron chi connectivity index (χ4n) is 1.03. The molecule has 0 bridgehead atoms. The molecule has 0 aromatic rings. The van der Waals surface area contributed by atoms with Gasteiger partial charge in [0, 0.05) is 17.2 Å². The van der Waals surface area contributed by atoms with Crippen molar-refractivity contribution in [3.63, 3.8) is 0 Å². The van der Waals surface area contributed by atoms with Crippen molar-refractivity contribution in [2.24, 2.45) is 11.5 Å². The molecule has 2 atom stereocenters. The molecule has 0 aliphatic heterocycles. The van der Waals surface area contributed by atoms with Gasteiger partial charge >= 0.3 is 11.9 Å². The van der Waals surface area contributed by atoms with E-state index in [4.69, 9.17) is 21.7 Å². The van der Waals surface area contributed by atoms with Crippen molar-refractivity contribution in [2.75, 3.05) is 24.6 Å². The van der Waals surface area contributed by atoms with Crippen LogP contribution in [0.25, 0.3) is 0 Å². The Morgan fingerprint density at radius 2 is 1.41 bits per heavy atom. The summed E-state index contributed by atoms with van der Waals surface area (Å²) in [4.78, 5) is 32.1. The van der Waals surface area contributed by atoms with E-state index in [1.165, 1.54) is 21.6 Å². The second kappa shape index (κ2) is 11.2. The minimum absolute atomic E-state index is 0.251. The van der Waals surface area contributed by atoms with E-state index in [0.29, 0.717) is 11.4 Å². The van der Waals surface area contributed by atoms with Crippen LogP contribution in [0.4, 0.5) is 0 Å². The van der Waals surface area contributed by atoms with Crippen LogP contribution in [0.3, 0.4) is 0 Å². The quantitative estimate of drug-likeness (QED) is 0.178. The van der Waals surface area contributed by atoms with E-state index < -0.39 is 36.5 Å². The Morgan fingerprint density at radius 1 is 0.955 bits per heavy atom. The van der Waals surface area contributed by atoms with E-state index in [1.54, 1.807) is 0 Å². The third kappa shape index (κ3) is 10.3. The van der Waals surface area contributed by atoms with Crippen LogP contribution in [0, 0.1) is 0 Å². The highest BCUT2D eigenvalue weighted by Crippen LogP contribution is 2.23. The van der Waals surface area contributed by atoms with Gasteiger partial charge in [0.15, 0.2) is 0 Å². The number of carbonyl (C=O) groups excluding carboxylic acids is 1. The lowest BCUT2D eigenvalue weighted by Crippen LogP contribution is -2.43. The van der Waals surface area contributed by atoms with Crippen LogP contribution in [-0.2, 0) is 14.4 Å². The summed E-state index contributed by atoms with van der Waals surface area (Å²) < 4.78 is 0. The second-order valence-electron chi connectivity index (χ2n) is 4.17. The molecule has 0 aliphatic rings. The molecular formula is C11H20N4O5S2. The van der Waals surface area contributed by atoms with Crippen LogP contribution < -0.4 is 22.1 Å². The molecule has 0 unspecified atom stereocenters. The Hall–Kier alpha value is -1.43. The van der Waals surface area contributed by atoms with Crippen LogP contribution in [0.2, 0.25) is 0 Å². The highest BCUT2D eigenvalue weighted by atomic mass is 33.1. The summed E-state index contributed by atoms with van der Waals surface area (Å²) in [5, 5.41) is 21.7. The monoisotopic (exact) mass is 352 g/mol. The smallest absolute Gasteiger partial charge is 0.322 e. The van der Waals surface area contributed by atoms with E-state index in [9.17, 15) is 14.4 Å². The van der Waals surface area contributed by atoms with Gasteiger partial charge in [0.2, 0.25) is 5.91 Å². The molecule has 0 aromatic heterocycles. The summed E-state index contributed by atoms with van der Waals surface area (Å²) in [6, 6.07) is -1.25. The average molecular weight is 352 g/mol. The van der Waals surface area contributed by atoms with Crippen molar-refractivity contribution in [1.29, 1.82) is 0 Å².